The van der Waals surface area contributed by atoms with E-state index in [1.165, 1.54) is 31.1 Å². The molecule has 4 unspecified atom stereocenters. The number of rotatable bonds is 6. The lowest BCUT2D eigenvalue weighted by Crippen LogP contribution is -2.61. The summed E-state index contributed by atoms with van der Waals surface area (Å²) in [6.07, 6.45) is 9.73. The molecule has 4 atom stereocenters. The molecule has 3 fully saturated rings. The van der Waals surface area contributed by atoms with Gasteiger partial charge in [-0.2, -0.15) is 11.8 Å². The summed E-state index contributed by atoms with van der Waals surface area (Å²) >= 11 is 2.02. The Bertz CT molecular complexity index is 696. The molecular formula is C18H34N2O4S3. The molecule has 158 valence electrons. The summed E-state index contributed by atoms with van der Waals surface area (Å²) < 4.78 is 48.4. The summed E-state index contributed by atoms with van der Waals surface area (Å²) in [5.74, 6) is 1.47. The van der Waals surface area contributed by atoms with Crippen molar-refractivity contribution >= 4 is 31.4 Å². The van der Waals surface area contributed by atoms with Crippen molar-refractivity contribution in [1.82, 2.24) is 10.6 Å². The highest BCUT2D eigenvalue weighted by atomic mass is 32.2. The van der Waals surface area contributed by atoms with Crippen molar-refractivity contribution in [3.8, 4) is 0 Å². The maximum Gasteiger partial charge on any atom is 0.151 e. The average Bonchev–Trinajstić information content (AvgIpc) is 3.12. The van der Waals surface area contributed by atoms with Crippen LogP contribution in [0.1, 0.15) is 51.4 Å². The Labute approximate surface area is 168 Å². The fraction of sp³-hybridized carbons (Fsp3) is 1.00. The van der Waals surface area contributed by atoms with E-state index in [-0.39, 0.29) is 28.6 Å². The Kier molecular flexibility index (Phi) is 7.21. The predicted molar refractivity (Wildman–Crippen MR) is 113 cm³/mol. The first kappa shape index (κ1) is 21.9. The van der Waals surface area contributed by atoms with E-state index in [0.29, 0.717) is 24.5 Å². The number of thioether (sulfide) groups is 1. The third kappa shape index (κ3) is 5.84. The topological polar surface area (TPSA) is 92.3 Å². The summed E-state index contributed by atoms with van der Waals surface area (Å²) in [4.78, 5) is 0. The highest BCUT2D eigenvalue weighted by Gasteiger charge is 2.42. The van der Waals surface area contributed by atoms with Gasteiger partial charge in [-0.05, 0) is 63.0 Å². The summed E-state index contributed by atoms with van der Waals surface area (Å²) in [7, 11) is -6.14. The smallest absolute Gasteiger partial charge is 0.151 e. The Morgan fingerprint density at radius 1 is 0.926 bits per heavy atom. The van der Waals surface area contributed by atoms with Gasteiger partial charge in [0.25, 0.3) is 0 Å². The maximum atomic E-state index is 12.4. The summed E-state index contributed by atoms with van der Waals surface area (Å²) in [5.41, 5.74) is 0. The van der Waals surface area contributed by atoms with E-state index < -0.39 is 19.7 Å². The molecule has 3 aliphatic rings. The molecule has 0 aromatic carbocycles. The van der Waals surface area contributed by atoms with Crippen LogP contribution in [0.3, 0.4) is 0 Å². The third-order valence-electron chi connectivity index (χ3n) is 6.53. The van der Waals surface area contributed by atoms with E-state index >= 15 is 0 Å². The SMILES string of the molecule is CS(=O)(=O)C1CCC(C2NC(NCC3CCCS3)CCC2S(C)(=O)=O)CC1. The van der Waals surface area contributed by atoms with Crippen LogP contribution in [-0.2, 0) is 19.7 Å². The van der Waals surface area contributed by atoms with Crippen molar-refractivity contribution in [1.29, 1.82) is 0 Å². The molecule has 2 aliphatic heterocycles. The largest absolute Gasteiger partial charge is 0.301 e. The van der Waals surface area contributed by atoms with Crippen molar-refractivity contribution < 1.29 is 16.8 Å². The lowest BCUT2D eigenvalue weighted by Gasteiger charge is -2.43. The highest BCUT2D eigenvalue weighted by Crippen LogP contribution is 2.35. The summed E-state index contributed by atoms with van der Waals surface area (Å²) in [5, 5.41) is 7.27. The van der Waals surface area contributed by atoms with Gasteiger partial charge in [0.1, 0.15) is 9.84 Å². The first-order chi connectivity index (χ1) is 12.6. The molecule has 0 aromatic heterocycles. The van der Waals surface area contributed by atoms with Crippen LogP contribution in [0.5, 0.6) is 0 Å². The molecule has 1 saturated carbocycles. The second-order valence-corrected chi connectivity index (χ2v) is 14.6. The normalized spacial score (nSPS) is 38.7. The van der Waals surface area contributed by atoms with Gasteiger partial charge in [-0.1, -0.05) is 0 Å². The minimum absolute atomic E-state index is 0.0806. The van der Waals surface area contributed by atoms with Gasteiger partial charge in [0.05, 0.1) is 16.7 Å². The van der Waals surface area contributed by atoms with Crippen molar-refractivity contribution in [2.75, 3.05) is 24.8 Å². The first-order valence-corrected chi connectivity index (χ1v) is 15.1. The Balaban J connectivity index is 1.62. The quantitative estimate of drug-likeness (QED) is 0.650. The van der Waals surface area contributed by atoms with Crippen LogP contribution in [0.25, 0.3) is 0 Å². The van der Waals surface area contributed by atoms with Crippen LogP contribution < -0.4 is 10.6 Å². The molecule has 2 heterocycles. The molecular weight excluding hydrogens is 404 g/mol. The predicted octanol–water partition coefficient (Wildman–Crippen LogP) is 1.57. The van der Waals surface area contributed by atoms with Gasteiger partial charge >= 0.3 is 0 Å². The zero-order valence-electron chi connectivity index (χ0n) is 16.4. The van der Waals surface area contributed by atoms with Crippen LogP contribution in [0, 0.1) is 5.92 Å². The van der Waals surface area contributed by atoms with E-state index in [4.69, 9.17) is 0 Å². The molecule has 0 radical (unpaired) electrons. The van der Waals surface area contributed by atoms with Gasteiger partial charge in [-0.25, -0.2) is 16.8 Å². The second-order valence-electron chi connectivity index (χ2n) is 8.60. The van der Waals surface area contributed by atoms with E-state index in [1.807, 2.05) is 11.8 Å². The first-order valence-electron chi connectivity index (χ1n) is 10.1. The van der Waals surface area contributed by atoms with Crippen molar-refractivity contribution in [2.24, 2.45) is 5.92 Å². The number of piperidine rings is 1. The van der Waals surface area contributed by atoms with E-state index in [1.54, 1.807) is 0 Å². The third-order valence-corrected chi connectivity index (χ3v) is 11.2. The van der Waals surface area contributed by atoms with Gasteiger partial charge in [0, 0.05) is 30.3 Å². The summed E-state index contributed by atoms with van der Waals surface area (Å²) in [6, 6.07) is -0.0806. The average molecular weight is 439 g/mol. The summed E-state index contributed by atoms with van der Waals surface area (Å²) in [6.45, 7) is 0.972. The van der Waals surface area contributed by atoms with Gasteiger partial charge < -0.3 is 5.32 Å². The lowest BCUT2D eigenvalue weighted by molar-refractivity contribution is 0.192. The van der Waals surface area contributed by atoms with E-state index in [0.717, 1.165) is 25.8 Å². The van der Waals surface area contributed by atoms with Crippen LogP contribution in [0.4, 0.5) is 0 Å². The monoisotopic (exact) mass is 438 g/mol. The van der Waals surface area contributed by atoms with E-state index in [9.17, 15) is 16.8 Å². The van der Waals surface area contributed by atoms with Gasteiger partial charge in [0.15, 0.2) is 9.84 Å². The standard InChI is InChI=1S/C18H34N2O4S3/c1-26(21,22)15-7-5-13(6-8-15)18-16(27(2,23)24)9-10-17(20-18)19-12-14-4-3-11-25-14/h13-20H,3-12H2,1-2H3. The van der Waals surface area contributed by atoms with Crippen LogP contribution in [0.15, 0.2) is 0 Å². The molecule has 6 nitrogen and oxygen atoms in total. The maximum absolute atomic E-state index is 12.4. The molecule has 0 bridgehead atoms. The van der Waals surface area contributed by atoms with Crippen molar-refractivity contribution in [3.05, 3.63) is 0 Å². The zero-order valence-corrected chi connectivity index (χ0v) is 18.8. The van der Waals surface area contributed by atoms with Crippen molar-refractivity contribution in [3.63, 3.8) is 0 Å². The van der Waals surface area contributed by atoms with Gasteiger partial charge in [-0.15, -0.1) is 0 Å². The van der Waals surface area contributed by atoms with Crippen molar-refractivity contribution in [2.45, 2.75) is 79.3 Å². The molecule has 2 N–H and O–H groups in total. The van der Waals surface area contributed by atoms with Crippen LogP contribution in [-0.4, -0.2) is 69.6 Å². The molecule has 9 heteroatoms. The molecule has 0 spiro atoms. The number of hydrogen-bond acceptors (Lipinski definition) is 7. The molecule has 27 heavy (non-hydrogen) atoms. The Morgan fingerprint density at radius 2 is 1.63 bits per heavy atom. The fourth-order valence-electron chi connectivity index (χ4n) is 4.97. The zero-order chi connectivity index (χ0) is 19.7. The van der Waals surface area contributed by atoms with Gasteiger partial charge in [0.2, 0.25) is 0 Å². The van der Waals surface area contributed by atoms with Crippen LogP contribution in [0.2, 0.25) is 0 Å². The minimum atomic E-state index is -3.13. The molecule has 1 aliphatic carbocycles. The van der Waals surface area contributed by atoms with Crippen LogP contribution >= 0.6 is 11.8 Å². The number of sulfone groups is 2. The number of nitrogens with one attached hydrogen (secondary N) is 2. The second kappa shape index (κ2) is 8.90. The molecule has 3 rings (SSSR count). The highest BCUT2D eigenvalue weighted by molar-refractivity contribution is 8.00. The Morgan fingerprint density at radius 3 is 2.19 bits per heavy atom. The fourth-order valence-corrected chi connectivity index (χ4v) is 8.71. The van der Waals surface area contributed by atoms with Gasteiger partial charge in [-0.3, -0.25) is 5.32 Å². The minimum Gasteiger partial charge on any atom is -0.301 e. The lowest BCUT2D eigenvalue weighted by atomic mass is 9.80. The number of hydrogen-bond donors (Lipinski definition) is 2. The molecule has 2 saturated heterocycles. The van der Waals surface area contributed by atoms with E-state index in [2.05, 4.69) is 10.6 Å². The molecule has 0 aromatic rings. The molecule has 0 amide bonds. The Hall–Kier alpha value is 0.170.